The molecule has 0 spiro atoms. The van der Waals surface area contributed by atoms with Crippen molar-refractivity contribution < 1.29 is 19.2 Å². The van der Waals surface area contributed by atoms with Crippen LogP contribution in [0.15, 0.2) is 0 Å². The average molecular weight is 282 g/mol. The molecule has 114 valence electrons. The molecule has 0 saturated carbocycles. The second kappa shape index (κ2) is 7.46. The molecule has 0 aromatic rings. The average Bonchev–Trinajstić information content (AvgIpc) is 2.32. The number of rotatable bonds is 9. The second-order valence-electron chi connectivity index (χ2n) is 5.70. The van der Waals surface area contributed by atoms with Gasteiger partial charge in [0.2, 0.25) is 0 Å². The van der Waals surface area contributed by atoms with E-state index in [0.29, 0.717) is 19.3 Å². The molecule has 0 aliphatic rings. The van der Waals surface area contributed by atoms with Crippen LogP contribution in [0, 0.1) is 17.3 Å². The van der Waals surface area contributed by atoms with Gasteiger partial charge in [-0.05, 0) is 47.0 Å². The first-order valence-electron chi connectivity index (χ1n) is 7.13. The van der Waals surface area contributed by atoms with Gasteiger partial charge in [-0.15, -0.1) is 0 Å². The maximum absolute atomic E-state index is 11.9. The molecular weight excluding hydrogens is 256 g/mol. The Labute approximate surface area is 121 Å². The Morgan fingerprint density at radius 2 is 1.35 bits per heavy atom. The molecule has 0 aromatic carbocycles. The lowest BCUT2D eigenvalue weighted by molar-refractivity contribution is -0.140. The smallest absolute Gasteiger partial charge is 0.143 e. The van der Waals surface area contributed by atoms with Crippen LogP contribution >= 0.6 is 0 Å². The van der Waals surface area contributed by atoms with Crippen molar-refractivity contribution in [3.8, 4) is 0 Å². The zero-order valence-corrected chi connectivity index (χ0v) is 13.4. The van der Waals surface area contributed by atoms with Crippen molar-refractivity contribution in [3.05, 3.63) is 0 Å². The first kappa shape index (κ1) is 18.7. The Morgan fingerprint density at radius 1 is 0.900 bits per heavy atom. The molecule has 0 heterocycles. The van der Waals surface area contributed by atoms with Crippen LogP contribution in [0.25, 0.3) is 0 Å². The van der Waals surface area contributed by atoms with Crippen LogP contribution in [-0.4, -0.2) is 23.1 Å². The Balaban J connectivity index is 5.17. The van der Waals surface area contributed by atoms with Crippen LogP contribution in [0.4, 0.5) is 0 Å². The molecule has 2 atom stereocenters. The van der Waals surface area contributed by atoms with E-state index in [9.17, 15) is 19.2 Å². The van der Waals surface area contributed by atoms with Gasteiger partial charge in [0, 0.05) is 11.8 Å². The highest BCUT2D eigenvalue weighted by molar-refractivity contribution is 6.05. The minimum atomic E-state index is -1.01. The number of carbonyl (C=O) groups is 4. The van der Waals surface area contributed by atoms with E-state index in [2.05, 4.69) is 0 Å². The fourth-order valence-electron chi connectivity index (χ4n) is 2.77. The first-order valence-corrected chi connectivity index (χ1v) is 7.13. The Kier molecular flexibility index (Phi) is 6.97. The molecule has 2 unspecified atom stereocenters. The number of hydrogen-bond acceptors (Lipinski definition) is 4. The largest absolute Gasteiger partial charge is 0.300 e. The predicted octanol–water partition coefficient (Wildman–Crippen LogP) is 2.77. The molecule has 4 heteroatoms. The second-order valence-corrected chi connectivity index (χ2v) is 5.70. The molecular formula is C16H26O4. The monoisotopic (exact) mass is 282 g/mol. The molecule has 0 fully saturated rings. The van der Waals surface area contributed by atoms with Gasteiger partial charge in [0.15, 0.2) is 0 Å². The van der Waals surface area contributed by atoms with E-state index in [4.69, 9.17) is 0 Å². The highest BCUT2D eigenvalue weighted by Crippen LogP contribution is 2.34. The summed E-state index contributed by atoms with van der Waals surface area (Å²) in [6.07, 6.45) is 1.15. The van der Waals surface area contributed by atoms with E-state index in [1.807, 2.05) is 0 Å². The first-order chi connectivity index (χ1) is 9.10. The fourth-order valence-corrected chi connectivity index (χ4v) is 2.77. The number of hydrogen-bond donors (Lipinski definition) is 0. The zero-order valence-electron chi connectivity index (χ0n) is 13.4. The molecule has 20 heavy (non-hydrogen) atoms. The van der Waals surface area contributed by atoms with Crippen molar-refractivity contribution in [2.45, 2.75) is 60.8 Å². The number of Topliss-reactive ketones (excluding diaryl/α,β-unsaturated/α-hetero) is 4. The topological polar surface area (TPSA) is 68.3 Å². The van der Waals surface area contributed by atoms with Crippen molar-refractivity contribution in [2.75, 3.05) is 0 Å². The van der Waals surface area contributed by atoms with Crippen molar-refractivity contribution in [1.82, 2.24) is 0 Å². The molecule has 0 aliphatic carbocycles. The van der Waals surface area contributed by atoms with Gasteiger partial charge >= 0.3 is 0 Å². The SMILES string of the molecule is CCC(CCC(C(C)=O)C(C)C(C)=O)(C(C)=O)C(C)=O. The van der Waals surface area contributed by atoms with Crippen LogP contribution in [0.1, 0.15) is 60.8 Å². The highest BCUT2D eigenvalue weighted by atomic mass is 16.2. The third kappa shape index (κ3) is 4.09. The van der Waals surface area contributed by atoms with Crippen molar-refractivity contribution >= 4 is 23.1 Å². The quantitative estimate of drug-likeness (QED) is 0.610. The van der Waals surface area contributed by atoms with Crippen LogP contribution < -0.4 is 0 Å². The fraction of sp³-hybridized carbons (Fsp3) is 0.750. The van der Waals surface area contributed by atoms with E-state index >= 15 is 0 Å². The molecule has 0 saturated heterocycles. The van der Waals surface area contributed by atoms with Gasteiger partial charge in [-0.2, -0.15) is 0 Å². The van der Waals surface area contributed by atoms with Gasteiger partial charge in [-0.3, -0.25) is 19.2 Å². The Morgan fingerprint density at radius 3 is 1.60 bits per heavy atom. The van der Waals surface area contributed by atoms with Gasteiger partial charge in [-0.1, -0.05) is 13.8 Å². The van der Waals surface area contributed by atoms with Gasteiger partial charge < -0.3 is 0 Å². The van der Waals surface area contributed by atoms with Crippen LogP contribution in [0.5, 0.6) is 0 Å². The van der Waals surface area contributed by atoms with Gasteiger partial charge in [0.25, 0.3) is 0 Å². The summed E-state index contributed by atoms with van der Waals surface area (Å²) in [6.45, 7) is 9.29. The summed E-state index contributed by atoms with van der Waals surface area (Å²) in [4.78, 5) is 46.9. The molecule has 4 nitrogen and oxygen atoms in total. The Bertz CT molecular complexity index is 395. The summed E-state index contributed by atoms with van der Waals surface area (Å²) < 4.78 is 0. The third-order valence-corrected chi connectivity index (χ3v) is 4.60. The molecule has 0 bridgehead atoms. The van der Waals surface area contributed by atoms with Gasteiger partial charge in [0.05, 0.1) is 5.41 Å². The predicted molar refractivity (Wildman–Crippen MR) is 77.3 cm³/mol. The van der Waals surface area contributed by atoms with Crippen molar-refractivity contribution in [1.29, 1.82) is 0 Å². The molecule has 0 rings (SSSR count). The maximum Gasteiger partial charge on any atom is 0.143 e. The van der Waals surface area contributed by atoms with E-state index in [-0.39, 0.29) is 29.1 Å². The van der Waals surface area contributed by atoms with Crippen molar-refractivity contribution in [3.63, 3.8) is 0 Å². The number of carbonyl (C=O) groups excluding carboxylic acids is 4. The van der Waals surface area contributed by atoms with E-state index in [1.165, 1.54) is 27.7 Å². The molecule has 0 N–H and O–H groups in total. The summed E-state index contributed by atoms with van der Waals surface area (Å²) in [5.41, 5.74) is -1.01. The van der Waals surface area contributed by atoms with Crippen LogP contribution in [0.2, 0.25) is 0 Å². The summed E-state index contributed by atoms with van der Waals surface area (Å²) >= 11 is 0. The lowest BCUT2D eigenvalue weighted by Gasteiger charge is -2.29. The minimum absolute atomic E-state index is 0.0436. The zero-order chi connectivity index (χ0) is 16.1. The summed E-state index contributed by atoms with van der Waals surface area (Å²) in [5.74, 6) is -1.23. The van der Waals surface area contributed by atoms with Gasteiger partial charge in [-0.25, -0.2) is 0 Å². The highest BCUT2D eigenvalue weighted by Gasteiger charge is 2.39. The molecule has 0 aromatic heterocycles. The van der Waals surface area contributed by atoms with Crippen molar-refractivity contribution in [2.24, 2.45) is 17.3 Å². The van der Waals surface area contributed by atoms with Crippen LogP contribution in [0.3, 0.4) is 0 Å². The summed E-state index contributed by atoms with van der Waals surface area (Å²) in [6, 6.07) is 0. The van der Waals surface area contributed by atoms with Crippen LogP contribution in [-0.2, 0) is 19.2 Å². The molecule has 0 amide bonds. The summed E-state index contributed by atoms with van der Waals surface area (Å²) in [5, 5.41) is 0. The number of ketones is 4. The van der Waals surface area contributed by atoms with Gasteiger partial charge in [0.1, 0.15) is 23.1 Å². The molecule has 0 aliphatic heterocycles. The minimum Gasteiger partial charge on any atom is -0.300 e. The van der Waals surface area contributed by atoms with E-state index < -0.39 is 11.3 Å². The van der Waals surface area contributed by atoms with E-state index in [1.54, 1.807) is 13.8 Å². The lowest BCUT2D eigenvalue weighted by atomic mass is 9.71. The van der Waals surface area contributed by atoms with E-state index in [0.717, 1.165) is 0 Å². The normalized spacial score (nSPS) is 14.5. The standard InChI is InChI=1S/C16H26O4/c1-7-16(13(5)19,14(6)20)9-8-15(12(4)18)10(2)11(3)17/h10,15H,7-9H2,1-6H3. The molecule has 0 radical (unpaired) electrons. The third-order valence-electron chi connectivity index (χ3n) is 4.60. The Hall–Kier alpha value is -1.32. The summed E-state index contributed by atoms with van der Waals surface area (Å²) in [7, 11) is 0. The maximum atomic E-state index is 11.9. The lowest BCUT2D eigenvalue weighted by Crippen LogP contribution is -2.37.